The summed E-state index contributed by atoms with van der Waals surface area (Å²) < 4.78 is 32.0. The molecule has 0 aromatic carbocycles. The maximum absolute atomic E-state index is 12.3. The lowest BCUT2D eigenvalue weighted by Gasteiger charge is -2.21. The molecule has 7 heteroatoms. The van der Waals surface area contributed by atoms with E-state index in [4.69, 9.17) is 0 Å². The molecule has 6 nitrogen and oxygen atoms in total. The van der Waals surface area contributed by atoms with Crippen LogP contribution in [-0.4, -0.2) is 41.9 Å². The number of rotatable bonds is 25. The van der Waals surface area contributed by atoms with E-state index in [-0.39, 0.29) is 12.3 Å². The molecular weight excluding hydrogens is 474 g/mol. The Bertz CT molecular complexity index is 675. The maximum atomic E-state index is 12.3. The van der Waals surface area contributed by atoms with Crippen LogP contribution < -0.4 is 5.32 Å². The molecule has 3 N–H and O–H groups in total. The Hall–Kier alpha value is -1.18. The number of aliphatic hydroxyl groups is 1. The molecule has 0 rings (SSSR count). The van der Waals surface area contributed by atoms with Gasteiger partial charge in [-0.2, -0.15) is 8.42 Å². The fraction of sp³-hybridized carbons (Fsp3) is 0.828. The molecule has 0 heterocycles. The number of hydrogen-bond acceptors (Lipinski definition) is 4. The van der Waals surface area contributed by atoms with Gasteiger partial charge in [0, 0.05) is 6.42 Å². The minimum Gasteiger partial charge on any atom is -0.387 e. The van der Waals surface area contributed by atoms with Crippen molar-refractivity contribution in [3.8, 4) is 0 Å². The lowest BCUT2D eigenvalue weighted by Crippen LogP contribution is -2.46. The van der Waals surface area contributed by atoms with Gasteiger partial charge < -0.3 is 10.4 Å². The summed E-state index contributed by atoms with van der Waals surface area (Å²) in [5, 5.41) is 13.0. The van der Waals surface area contributed by atoms with Gasteiger partial charge in [-0.05, 0) is 38.5 Å². The van der Waals surface area contributed by atoms with Crippen molar-refractivity contribution in [3.05, 3.63) is 24.3 Å². The van der Waals surface area contributed by atoms with Crippen molar-refractivity contribution in [1.29, 1.82) is 0 Å². The molecule has 0 spiro atoms. The average Bonchev–Trinajstić information content (AvgIpc) is 2.82. The molecule has 0 aromatic rings. The first-order chi connectivity index (χ1) is 17.3. The zero-order valence-electron chi connectivity index (χ0n) is 23.1. The van der Waals surface area contributed by atoms with Crippen molar-refractivity contribution in [1.82, 2.24) is 5.32 Å². The molecule has 36 heavy (non-hydrogen) atoms. The first-order valence-electron chi connectivity index (χ1n) is 14.5. The predicted octanol–water partition coefficient (Wildman–Crippen LogP) is 7.28. The van der Waals surface area contributed by atoms with Gasteiger partial charge in [-0.3, -0.25) is 9.35 Å². The summed E-state index contributed by atoms with van der Waals surface area (Å²) >= 11 is 0. The summed E-state index contributed by atoms with van der Waals surface area (Å²) in [6.45, 7) is 4.41. The van der Waals surface area contributed by atoms with E-state index in [1.807, 2.05) is 6.08 Å². The fourth-order valence-electron chi connectivity index (χ4n) is 4.13. The van der Waals surface area contributed by atoms with Gasteiger partial charge in [0.1, 0.15) is 0 Å². The van der Waals surface area contributed by atoms with Crippen LogP contribution in [0.4, 0.5) is 0 Å². The SMILES string of the molecule is CCCC/C=C\CCCCCCCC(=O)NC(CS(=O)(=O)O)C(O)/C=C/CCCCCCCCCC. The highest BCUT2D eigenvalue weighted by molar-refractivity contribution is 7.85. The maximum Gasteiger partial charge on any atom is 0.267 e. The van der Waals surface area contributed by atoms with E-state index < -0.39 is 28.0 Å². The van der Waals surface area contributed by atoms with Crippen LogP contribution in [0.2, 0.25) is 0 Å². The number of aliphatic hydroxyl groups excluding tert-OH is 1. The smallest absolute Gasteiger partial charge is 0.267 e. The molecule has 2 unspecified atom stereocenters. The van der Waals surface area contributed by atoms with Crippen LogP contribution in [0.5, 0.6) is 0 Å². The third kappa shape index (κ3) is 24.5. The first-order valence-corrected chi connectivity index (χ1v) is 16.1. The van der Waals surface area contributed by atoms with Crippen molar-refractivity contribution >= 4 is 16.0 Å². The van der Waals surface area contributed by atoms with Crippen LogP contribution in [0.15, 0.2) is 24.3 Å². The molecule has 212 valence electrons. The number of unbranched alkanes of at least 4 members (excludes halogenated alkanes) is 15. The topological polar surface area (TPSA) is 104 Å². The summed E-state index contributed by atoms with van der Waals surface area (Å²) in [6, 6.07) is -1.05. The van der Waals surface area contributed by atoms with E-state index in [1.54, 1.807) is 0 Å². The second-order valence-corrected chi connectivity index (χ2v) is 11.5. The summed E-state index contributed by atoms with van der Waals surface area (Å²) in [7, 11) is -4.33. The first kappa shape index (κ1) is 34.8. The monoisotopic (exact) mass is 529 g/mol. The number of amides is 1. The van der Waals surface area contributed by atoms with E-state index >= 15 is 0 Å². The van der Waals surface area contributed by atoms with E-state index in [1.165, 1.54) is 57.4 Å². The Morgan fingerprint density at radius 2 is 1.19 bits per heavy atom. The lowest BCUT2D eigenvalue weighted by molar-refractivity contribution is -0.122. The van der Waals surface area contributed by atoms with Gasteiger partial charge >= 0.3 is 0 Å². The largest absolute Gasteiger partial charge is 0.387 e. The van der Waals surface area contributed by atoms with E-state index in [2.05, 4.69) is 31.3 Å². The van der Waals surface area contributed by atoms with E-state index in [9.17, 15) is 22.9 Å². The van der Waals surface area contributed by atoms with Crippen LogP contribution in [0.3, 0.4) is 0 Å². The summed E-state index contributed by atoms with van der Waals surface area (Å²) in [5.41, 5.74) is 0. The number of allylic oxidation sites excluding steroid dienone is 3. The molecule has 0 radical (unpaired) electrons. The fourth-order valence-corrected chi connectivity index (χ4v) is 4.87. The molecule has 0 saturated carbocycles. The molecule has 0 fully saturated rings. The van der Waals surface area contributed by atoms with E-state index in [0.29, 0.717) is 0 Å². The van der Waals surface area contributed by atoms with Crippen LogP contribution in [0.1, 0.15) is 136 Å². The summed E-state index contributed by atoms with van der Waals surface area (Å²) in [4.78, 5) is 12.3. The Morgan fingerprint density at radius 3 is 1.75 bits per heavy atom. The van der Waals surface area contributed by atoms with Crippen molar-refractivity contribution in [2.24, 2.45) is 0 Å². The summed E-state index contributed by atoms with van der Waals surface area (Å²) in [6.07, 6.45) is 27.3. The van der Waals surface area contributed by atoms with Gasteiger partial charge in [0.2, 0.25) is 5.91 Å². The lowest BCUT2D eigenvalue weighted by atomic mass is 10.1. The van der Waals surface area contributed by atoms with Gasteiger partial charge in [0.15, 0.2) is 0 Å². The molecule has 0 aliphatic heterocycles. The molecule has 0 aliphatic rings. The zero-order valence-corrected chi connectivity index (χ0v) is 24.0. The molecule has 0 aromatic heterocycles. The van der Waals surface area contributed by atoms with Gasteiger partial charge in [-0.25, -0.2) is 0 Å². The highest BCUT2D eigenvalue weighted by atomic mass is 32.2. The number of carbonyl (C=O) groups excluding carboxylic acids is 1. The van der Waals surface area contributed by atoms with Crippen molar-refractivity contribution in [2.75, 3.05) is 5.75 Å². The normalized spacial score (nSPS) is 14.0. The quantitative estimate of drug-likeness (QED) is 0.0654. The third-order valence-corrected chi connectivity index (χ3v) is 7.15. The number of carbonyl (C=O) groups is 1. The molecule has 1 amide bonds. The molecule has 0 bridgehead atoms. The average molecular weight is 530 g/mol. The Labute approximate surface area is 222 Å². The minimum absolute atomic E-state index is 0.285. The number of hydrogen-bond donors (Lipinski definition) is 3. The van der Waals surface area contributed by atoms with Crippen LogP contribution in [0, 0.1) is 0 Å². The van der Waals surface area contributed by atoms with Crippen molar-refractivity contribution in [2.45, 2.75) is 148 Å². The second kappa shape index (κ2) is 24.2. The van der Waals surface area contributed by atoms with Gasteiger partial charge in [0.05, 0.1) is 17.9 Å². The van der Waals surface area contributed by atoms with Crippen LogP contribution in [-0.2, 0) is 14.9 Å². The van der Waals surface area contributed by atoms with E-state index in [0.717, 1.165) is 64.2 Å². The van der Waals surface area contributed by atoms with Gasteiger partial charge in [-0.15, -0.1) is 0 Å². The number of nitrogens with one attached hydrogen (secondary N) is 1. The molecule has 0 saturated heterocycles. The Morgan fingerprint density at radius 1 is 0.722 bits per heavy atom. The Kier molecular flexibility index (Phi) is 23.4. The molecular formula is C29H55NO5S. The van der Waals surface area contributed by atoms with Gasteiger partial charge in [0.25, 0.3) is 10.1 Å². The molecule has 0 aliphatic carbocycles. The predicted molar refractivity (Wildman–Crippen MR) is 152 cm³/mol. The standard InChI is InChI=1S/C29H55NO5S/c1-3-5-7-9-11-13-15-17-19-21-23-25-29(32)30-27(26-36(33,34)35)28(31)24-22-20-18-16-14-12-10-8-6-4-2/h9,11,22,24,27-28,31H,3-8,10,12-21,23,25-26H2,1-2H3,(H,30,32)(H,33,34,35)/b11-9-,24-22+. The zero-order chi connectivity index (χ0) is 26.9. The minimum atomic E-state index is -4.33. The second-order valence-electron chi connectivity index (χ2n) is 10.0. The third-order valence-electron chi connectivity index (χ3n) is 6.37. The van der Waals surface area contributed by atoms with Crippen LogP contribution >= 0.6 is 0 Å². The van der Waals surface area contributed by atoms with Gasteiger partial charge in [-0.1, -0.05) is 115 Å². The molecule has 2 atom stereocenters. The summed E-state index contributed by atoms with van der Waals surface area (Å²) in [5.74, 6) is -0.994. The van der Waals surface area contributed by atoms with Crippen molar-refractivity contribution < 1.29 is 22.9 Å². The Balaban J connectivity index is 4.16. The van der Waals surface area contributed by atoms with Crippen LogP contribution in [0.25, 0.3) is 0 Å². The highest BCUT2D eigenvalue weighted by Gasteiger charge is 2.24. The van der Waals surface area contributed by atoms with Crippen molar-refractivity contribution in [3.63, 3.8) is 0 Å². The highest BCUT2D eigenvalue weighted by Crippen LogP contribution is 2.11.